The Labute approximate surface area is 130 Å². The molecule has 114 valence electrons. The number of ether oxygens (including phenoxy) is 1. The molecule has 0 fully saturated rings. The molecule has 0 spiro atoms. The lowest BCUT2D eigenvalue weighted by Gasteiger charge is -2.02. The van der Waals surface area contributed by atoms with E-state index in [4.69, 9.17) is 4.74 Å². The molecule has 1 amide bonds. The maximum absolute atomic E-state index is 12.0. The van der Waals surface area contributed by atoms with Crippen molar-refractivity contribution in [3.63, 3.8) is 0 Å². The zero-order valence-electron chi connectivity index (χ0n) is 12.0. The predicted octanol–water partition coefficient (Wildman–Crippen LogP) is 1.73. The Hall–Kier alpha value is -2.55. The van der Waals surface area contributed by atoms with E-state index in [1.807, 2.05) is 18.2 Å². The highest BCUT2D eigenvalue weighted by Gasteiger charge is 2.11. The summed E-state index contributed by atoms with van der Waals surface area (Å²) in [5.41, 5.74) is 0.827. The summed E-state index contributed by atoms with van der Waals surface area (Å²) in [6, 6.07) is 5.50. The Balaban J connectivity index is 1.68. The summed E-state index contributed by atoms with van der Waals surface area (Å²) in [4.78, 5) is 16.1. The van der Waals surface area contributed by atoms with Gasteiger partial charge in [-0.05, 0) is 25.1 Å². The molecule has 0 radical (unpaired) electrons. The third-order valence-electron chi connectivity index (χ3n) is 2.94. The number of methoxy groups -OCH3 is 1. The van der Waals surface area contributed by atoms with Gasteiger partial charge in [-0.3, -0.25) is 15.0 Å². The highest BCUT2D eigenvalue weighted by molar-refractivity contribution is 7.99. The number of thioether (sulfide) groups is 1. The number of nitrogens with zero attached hydrogens (tertiary/aromatic N) is 3. The van der Waals surface area contributed by atoms with Crippen molar-refractivity contribution in [3.05, 3.63) is 24.0 Å². The van der Waals surface area contributed by atoms with Crippen LogP contribution in [0.15, 0.2) is 23.4 Å². The maximum Gasteiger partial charge on any atom is 0.236 e. The number of hydrogen-bond acceptors (Lipinski definition) is 6. The van der Waals surface area contributed by atoms with Crippen LogP contribution in [0.5, 0.6) is 5.75 Å². The third kappa shape index (κ3) is 3.03. The lowest BCUT2D eigenvalue weighted by molar-refractivity contribution is -0.113. The smallest absolute Gasteiger partial charge is 0.236 e. The Morgan fingerprint density at radius 2 is 2.23 bits per heavy atom. The Morgan fingerprint density at radius 3 is 2.95 bits per heavy atom. The van der Waals surface area contributed by atoms with Gasteiger partial charge < -0.3 is 10.1 Å². The van der Waals surface area contributed by atoms with E-state index in [1.54, 1.807) is 14.0 Å². The van der Waals surface area contributed by atoms with Crippen LogP contribution in [-0.4, -0.2) is 44.1 Å². The molecule has 1 aromatic carbocycles. The molecule has 3 rings (SSSR count). The number of fused-ring (bicyclic) bond motifs is 1. The first-order chi connectivity index (χ1) is 10.7. The van der Waals surface area contributed by atoms with Crippen molar-refractivity contribution in [1.82, 2.24) is 25.4 Å². The van der Waals surface area contributed by atoms with Crippen molar-refractivity contribution in [2.75, 3.05) is 18.2 Å². The lowest BCUT2D eigenvalue weighted by Crippen LogP contribution is -2.14. The first kappa shape index (κ1) is 14.4. The molecule has 0 unspecified atom stereocenters. The zero-order valence-corrected chi connectivity index (χ0v) is 12.8. The minimum absolute atomic E-state index is 0.177. The van der Waals surface area contributed by atoms with Gasteiger partial charge in [0.1, 0.15) is 11.6 Å². The van der Waals surface area contributed by atoms with Crippen molar-refractivity contribution in [3.8, 4) is 5.75 Å². The number of aromatic amines is 2. The van der Waals surface area contributed by atoms with Crippen LogP contribution >= 0.6 is 11.8 Å². The topological polar surface area (TPSA) is 109 Å². The van der Waals surface area contributed by atoms with Gasteiger partial charge in [-0.15, -0.1) is 5.10 Å². The number of carbonyl (C=O) groups excluding carboxylic acids is 1. The van der Waals surface area contributed by atoms with Crippen LogP contribution in [-0.2, 0) is 4.79 Å². The molecule has 0 atom stereocenters. The zero-order chi connectivity index (χ0) is 15.5. The van der Waals surface area contributed by atoms with Crippen molar-refractivity contribution in [1.29, 1.82) is 0 Å². The van der Waals surface area contributed by atoms with Gasteiger partial charge >= 0.3 is 0 Å². The van der Waals surface area contributed by atoms with Gasteiger partial charge in [-0.1, -0.05) is 11.8 Å². The van der Waals surface area contributed by atoms with Gasteiger partial charge in [-0.25, -0.2) is 4.98 Å². The van der Waals surface area contributed by atoms with E-state index in [2.05, 4.69) is 30.7 Å². The van der Waals surface area contributed by atoms with Gasteiger partial charge in [0, 0.05) is 5.39 Å². The molecule has 9 heteroatoms. The number of nitrogens with one attached hydrogen (secondary N) is 3. The minimum Gasteiger partial charge on any atom is -0.497 e. The maximum atomic E-state index is 12.0. The summed E-state index contributed by atoms with van der Waals surface area (Å²) in [6.07, 6.45) is 0. The van der Waals surface area contributed by atoms with Gasteiger partial charge in [0.2, 0.25) is 11.1 Å². The molecule has 0 saturated heterocycles. The molecular weight excluding hydrogens is 304 g/mol. The summed E-state index contributed by atoms with van der Waals surface area (Å²) in [6.45, 7) is 1.81. The monoisotopic (exact) mass is 318 g/mol. The molecule has 3 aromatic rings. The average molecular weight is 318 g/mol. The van der Waals surface area contributed by atoms with Crippen molar-refractivity contribution in [2.45, 2.75) is 12.1 Å². The second-order valence-corrected chi connectivity index (χ2v) is 5.47. The van der Waals surface area contributed by atoms with E-state index in [9.17, 15) is 4.79 Å². The highest BCUT2D eigenvalue weighted by Crippen LogP contribution is 2.25. The number of anilines is 1. The summed E-state index contributed by atoms with van der Waals surface area (Å²) < 4.78 is 5.18. The number of aryl methyl sites for hydroxylation is 1. The fourth-order valence-corrected chi connectivity index (χ4v) is 2.54. The Morgan fingerprint density at radius 1 is 1.36 bits per heavy atom. The van der Waals surface area contributed by atoms with Crippen molar-refractivity contribution >= 4 is 34.4 Å². The Kier molecular flexibility index (Phi) is 3.96. The summed E-state index contributed by atoms with van der Waals surface area (Å²) in [7, 11) is 1.59. The molecule has 0 aliphatic rings. The minimum atomic E-state index is -0.177. The van der Waals surface area contributed by atoms with E-state index < -0.39 is 0 Å². The standard InChI is InChI=1S/C13H14N6O2S/c1-7-14-13(19-16-7)22-6-11(20)15-12-9-5-8(21-2)3-4-10(9)17-18-12/h3-5H,6H2,1-2H3,(H,14,16,19)(H2,15,17,18,20). The third-order valence-corrected chi connectivity index (χ3v) is 3.78. The largest absolute Gasteiger partial charge is 0.497 e. The lowest BCUT2D eigenvalue weighted by atomic mass is 10.2. The predicted molar refractivity (Wildman–Crippen MR) is 83.1 cm³/mol. The molecule has 0 aliphatic carbocycles. The number of amides is 1. The number of H-pyrrole nitrogens is 2. The normalized spacial score (nSPS) is 10.8. The molecule has 22 heavy (non-hydrogen) atoms. The van der Waals surface area contributed by atoms with Crippen molar-refractivity contribution in [2.24, 2.45) is 0 Å². The van der Waals surface area contributed by atoms with Crippen LogP contribution in [0.1, 0.15) is 5.82 Å². The van der Waals surface area contributed by atoms with Gasteiger partial charge in [0.15, 0.2) is 5.82 Å². The number of hydrogen-bond donors (Lipinski definition) is 3. The van der Waals surface area contributed by atoms with E-state index in [1.165, 1.54) is 11.8 Å². The van der Waals surface area contributed by atoms with Crippen LogP contribution in [0.25, 0.3) is 10.9 Å². The average Bonchev–Trinajstić information content (AvgIpc) is 3.11. The first-order valence-corrected chi connectivity index (χ1v) is 7.48. The fraction of sp³-hybridized carbons (Fsp3) is 0.231. The van der Waals surface area contributed by atoms with Gasteiger partial charge in [-0.2, -0.15) is 5.10 Å². The number of carbonyl (C=O) groups is 1. The quantitative estimate of drug-likeness (QED) is 0.618. The number of benzene rings is 1. The van der Waals surface area contributed by atoms with Crippen LogP contribution in [0, 0.1) is 6.92 Å². The molecule has 8 nitrogen and oxygen atoms in total. The fourth-order valence-electron chi connectivity index (χ4n) is 1.90. The molecule has 3 N–H and O–H groups in total. The van der Waals surface area contributed by atoms with Crippen LogP contribution < -0.4 is 10.1 Å². The molecular formula is C13H14N6O2S. The van der Waals surface area contributed by atoms with E-state index in [0.29, 0.717) is 22.5 Å². The molecule has 0 aliphatic heterocycles. The second kappa shape index (κ2) is 6.06. The summed E-state index contributed by atoms with van der Waals surface area (Å²) in [5, 5.41) is 17.8. The van der Waals surface area contributed by atoms with Crippen molar-refractivity contribution < 1.29 is 9.53 Å². The molecule has 2 heterocycles. The van der Waals surface area contributed by atoms with E-state index in [-0.39, 0.29) is 11.7 Å². The van der Waals surface area contributed by atoms with Crippen LogP contribution in [0.3, 0.4) is 0 Å². The summed E-state index contributed by atoms with van der Waals surface area (Å²) >= 11 is 1.26. The SMILES string of the molecule is COc1ccc2[nH]nc(NC(=O)CSc3n[nH]c(C)n3)c2c1. The number of aromatic nitrogens is 5. The Bertz CT molecular complexity index is 812. The van der Waals surface area contributed by atoms with Crippen LogP contribution in [0.2, 0.25) is 0 Å². The van der Waals surface area contributed by atoms with Gasteiger partial charge in [0.05, 0.1) is 18.4 Å². The molecule has 0 bridgehead atoms. The molecule has 0 saturated carbocycles. The van der Waals surface area contributed by atoms with E-state index in [0.717, 1.165) is 10.9 Å². The summed E-state index contributed by atoms with van der Waals surface area (Å²) in [5.74, 6) is 1.92. The highest BCUT2D eigenvalue weighted by atomic mass is 32.2. The van der Waals surface area contributed by atoms with Crippen LogP contribution in [0.4, 0.5) is 5.82 Å². The number of rotatable bonds is 5. The van der Waals surface area contributed by atoms with Gasteiger partial charge in [0.25, 0.3) is 0 Å². The van der Waals surface area contributed by atoms with E-state index >= 15 is 0 Å². The molecule has 2 aromatic heterocycles. The second-order valence-electron chi connectivity index (χ2n) is 4.52. The first-order valence-electron chi connectivity index (χ1n) is 6.49.